The summed E-state index contributed by atoms with van der Waals surface area (Å²) in [7, 11) is 0. The van der Waals surface area contributed by atoms with E-state index in [0.717, 1.165) is 5.56 Å². The Kier molecular flexibility index (Phi) is 4.28. The smallest absolute Gasteiger partial charge is 0.414 e. The molecule has 128 valence electrons. The molecule has 1 atom stereocenters. The molecule has 1 aliphatic heterocycles. The fourth-order valence-electron chi connectivity index (χ4n) is 2.58. The van der Waals surface area contributed by atoms with Gasteiger partial charge in [0.2, 0.25) is 0 Å². The molecule has 0 aliphatic carbocycles. The Labute approximate surface area is 140 Å². The van der Waals surface area contributed by atoms with Crippen molar-refractivity contribution in [3.63, 3.8) is 0 Å². The Hall–Kier alpha value is -2.41. The molecule has 3 rings (SSSR count). The summed E-state index contributed by atoms with van der Waals surface area (Å²) in [6.07, 6.45) is 1.22. The first-order valence-corrected chi connectivity index (χ1v) is 7.88. The Balaban J connectivity index is 1.58. The number of nitrogens with zero attached hydrogens (tertiary/aromatic N) is 3. The molecule has 1 aromatic carbocycles. The van der Waals surface area contributed by atoms with E-state index in [0.29, 0.717) is 19.8 Å². The van der Waals surface area contributed by atoms with Crippen molar-refractivity contribution in [2.24, 2.45) is 0 Å². The summed E-state index contributed by atoms with van der Waals surface area (Å²) in [5, 5.41) is 10.8. The second kappa shape index (κ2) is 6.24. The van der Waals surface area contributed by atoms with Crippen LogP contribution in [0.4, 0.5) is 5.82 Å². The molecule has 0 radical (unpaired) electrons. The second-order valence-electron chi connectivity index (χ2n) is 6.98. The van der Waals surface area contributed by atoms with Gasteiger partial charge < -0.3 is 19.6 Å². The predicted octanol–water partition coefficient (Wildman–Crippen LogP) is 3.07. The van der Waals surface area contributed by atoms with Crippen LogP contribution in [0.3, 0.4) is 0 Å². The van der Waals surface area contributed by atoms with Gasteiger partial charge in [-0.1, -0.05) is 45.0 Å². The number of rotatable bonds is 4. The molecular formula is C17H21N3O4. The number of nitro groups is 1. The summed E-state index contributed by atoms with van der Waals surface area (Å²) < 4.78 is 12.9. The van der Waals surface area contributed by atoms with Crippen LogP contribution in [0.1, 0.15) is 31.9 Å². The van der Waals surface area contributed by atoms with Gasteiger partial charge in [-0.3, -0.25) is 4.57 Å². The van der Waals surface area contributed by atoms with Crippen LogP contribution in [-0.2, 0) is 23.3 Å². The molecule has 7 heteroatoms. The highest BCUT2D eigenvalue weighted by Gasteiger charge is 2.28. The SMILES string of the molecule is CC(C)(C)c1ccc(CO[C@@H]2COc3nc([N+](=O)[O-])cn3C2)cc1. The van der Waals surface area contributed by atoms with Crippen molar-refractivity contribution >= 4 is 5.82 Å². The molecule has 2 aromatic rings. The van der Waals surface area contributed by atoms with Gasteiger partial charge in [0.25, 0.3) is 0 Å². The zero-order chi connectivity index (χ0) is 17.3. The summed E-state index contributed by atoms with van der Waals surface area (Å²) in [5.41, 5.74) is 2.50. The third-order valence-electron chi connectivity index (χ3n) is 4.02. The number of fused-ring (bicyclic) bond motifs is 1. The van der Waals surface area contributed by atoms with E-state index in [2.05, 4.69) is 50.0 Å². The number of imidazole rings is 1. The average Bonchev–Trinajstić information content (AvgIpc) is 2.96. The lowest BCUT2D eigenvalue weighted by molar-refractivity contribution is -0.389. The predicted molar refractivity (Wildman–Crippen MR) is 88.1 cm³/mol. The minimum atomic E-state index is -0.526. The number of aromatic nitrogens is 2. The highest BCUT2D eigenvalue weighted by Crippen LogP contribution is 2.24. The lowest BCUT2D eigenvalue weighted by Crippen LogP contribution is -2.32. The van der Waals surface area contributed by atoms with Crippen LogP contribution >= 0.6 is 0 Å². The van der Waals surface area contributed by atoms with E-state index < -0.39 is 4.92 Å². The molecule has 1 aliphatic rings. The molecule has 0 unspecified atom stereocenters. The van der Waals surface area contributed by atoms with Crippen molar-refractivity contribution in [2.45, 2.75) is 45.4 Å². The Morgan fingerprint density at radius 2 is 2.08 bits per heavy atom. The van der Waals surface area contributed by atoms with Crippen molar-refractivity contribution in [1.82, 2.24) is 9.55 Å². The molecule has 0 N–H and O–H groups in total. The topological polar surface area (TPSA) is 79.4 Å². The van der Waals surface area contributed by atoms with Crippen molar-refractivity contribution in [1.29, 1.82) is 0 Å². The van der Waals surface area contributed by atoms with E-state index >= 15 is 0 Å². The van der Waals surface area contributed by atoms with E-state index in [-0.39, 0.29) is 23.3 Å². The maximum atomic E-state index is 10.8. The van der Waals surface area contributed by atoms with Gasteiger partial charge in [-0.2, -0.15) is 0 Å². The lowest BCUT2D eigenvalue weighted by Gasteiger charge is -2.23. The summed E-state index contributed by atoms with van der Waals surface area (Å²) >= 11 is 0. The van der Waals surface area contributed by atoms with Crippen molar-refractivity contribution < 1.29 is 14.4 Å². The van der Waals surface area contributed by atoms with Gasteiger partial charge in [0, 0.05) is 4.98 Å². The van der Waals surface area contributed by atoms with E-state index in [9.17, 15) is 10.1 Å². The van der Waals surface area contributed by atoms with Gasteiger partial charge in [0.05, 0.1) is 13.2 Å². The molecule has 24 heavy (non-hydrogen) atoms. The van der Waals surface area contributed by atoms with E-state index in [4.69, 9.17) is 9.47 Å². The molecule has 0 saturated carbocycles. The van der Waals surface area contributed by atoms with E-state index in [1.165, 1.54) is 11.8 Å². The highest BCUT2D eigenvalue weighted by molar-refractivity contribution is 5.27. The zero-order valence-corrected chi connectivity index (χ0v) is 14.1. The minimum absolute atomic E-state index is 0.128. The standard InChI is InChI=1S/C17H21N3O4/c1-17(2,3)13-6-4-12(5-7-13)10-23-14-8-19-9-15(20(21)22)18-16(19)24-11-14/h4-7,9,14H,8,10-11H2,1-3H3/t14-/m0/s1. The summed E-state index contributed by atoms with van der Waals surface area (Å²) in [4.78, 5) is 14.0. The molecule has 0 spiro atoms. The van der Waals surface area contributed by atoms with Gasteiger partial charge in [-0.05, 0) is 21.5 Å². The van der Waals surface area contributed by atoms with Gasteiger partial charge in [0.1, 0.15) is 18.9 Å². The Bertz CT molecular complexity index is 731. The van der Waals surface area contributed by atoms with Crippen LogP contribution in [-0.4, -0.2) is 27.2 Å². The Morgan fingerprint density at radius 1 is 1.38 bits per heavy atom. The summed E-state index contributed by atoms with van der Waals surface area (Å²) in [6, 6.07) is 8.65. The van der Waals surface area contributed by atoms with Crippen molar-refractivity contribution in [2.75, 3.05) is 6.61 Å². The lowest BCUT2D eigenvalue weighted by atomic mass is 9.87. The van der Waals surface area contributed by atoms with Crippen LogP contribution in [0, 0.1) is 10.1 Å². The molecule has 2 heterocycles. The Morgan fingerprint density at radius 3 is 2.71 bits per heavy atom. The number of hydrogen-bond acceptors (Lipinski definition) is 5. The maximum absolute atomic E-state index is 10.8. The van der Waals surface area contributed by atoms with Gasteiger partial charge in [0.15, 0.2) is 0 Å². The van der Waals surface area contributed by atoms with Crippen molar-refractivity contribution in [3.8, 4) is 6.01 Å². The van der Waals surface area contributed by atoms with Crippen LogP contribution in [0.5, 0.6) is 6.01 Å². The first-order chi connectivity index (χ1) is 11.3. The van der Waals surface area contributed by atoms with Crippen LogP contribution in [0.25, 0.3) is 0 Å². The normalized spacial score (nSPS) is 17.2. The third kappa shape index (κ3) is 3.56. The zero-order valence-electron chi connectivity index (χ0n) is 14.1. The van der Waals surface area contributed by atoms with Crippen molar-refractivity contribution in [3.05, 3.63) is 51.7 Å². The highest BCUT2D eigenvalue weighted by atomic mass is 16.6. The van der Waals surface area contributed by atoms with Gasteiger partial charge >= 0.3 is 11.8 Å². The summed E-state index contributed by atoms with van der Waals surface area (Å²) in [5.74, 6) is -0.205. The number of hydrogen-bond donors (Lipinski definition) is 0. The largest absolute Gasteiger partial charge is 0.443 e. The first-order valence-electron chi connectivity index (χ1n) is 7.88. The summed E-state index contributed by atoms with van der Waals surface area (Å²) in [6.45, 7) is 7.86. The second-order valence-corrected chi connectivity index (χ2v) is 6.98. The average molecular weight is 331 g/mol. The van der Waals surface area contributed by atoms with E-state index in [1.54, 1.807) is 4.57 Å². The molecule has 0 amide bonds. The monoisotopic (exact) mass is 331 g/mol. The van der Waals surface area contributed by atoms with Gasteiger partial charge in [-0.15, -0.1) is 0 Å². The molecule has 0 fully saturated rings. The fourth-order valence-corrected chi connectivity index (χ4v) is 2.58. The number of ether oxygens (including phenoxy) is 2. The molecular weight excluding hydrogens is 310 g/mol. The van der Waals surface area contributed by atoms with E-state index in [1.807, 2.05) is 0 Å². The maximum Gasteiger partial charge on any atom is 0.414 e. The quantitative estimate of drug-likeness (QED) is 0.635. The molecule has 1 aromatic heterocycles. The van der Waals surface area contributed by atoms with Crippen LogP contribution in [0.2, 0.25) is 0 Å². The van der Waals surface area contributed by atoms with Gasteiger partial charge in [-0.25, -0.2) is 0 Å². The molecule has 7 nitrogen and oxygen atoms in total. The number of benzene rings is 1. The van der Waals surface area contributed by atoms with Crippen LogP contribution in [0.15, 0.2) is 30.5 Å². The molecule has 0 saturated heterocycles. The molecule has 0 bridgehead atoms. The third-order valence-corrected chi connectivity index (χ3v) is 4.02. The first kappa shape index (κ1) is 16.4. The van der Waals surface area contributed by atoms with Crippen LogP contribution < -0.4 is 4.74 Å². The fraction of sp³-hybridized carbons (Fsp3) is 0.471. The minimum Gasteiger partial charge on any atom is -0.443 e.